The van der Waals surface area contributed by atoms with Crippen molar-refractivity contribution in [2.75, 3.05) is 18.8 Å². The molecule has 0 aliphatic carbocycles. The van der Waals surface area contributed by atoms with Gasteiger partial charge in [-0.25, -0.2) is 0 Å². The maximum atomic E-state index is 11.6. The Hall–Kier alpha value is -0.380. The first-order chi connectivity index (χ1) is 8.16. The third-order valence-corrected chi connectivity index (χ3v) is 4.26. The minimum absolute atomic E-state index is 0.228. The molecule has 0 atom stereocenters. The lowest BCUT2D eigenvalue weighted by Crippen LogP contribution is -2.43. The van der Waals surface area contributed by atoms with E-state index in [0.29, 0.717) is 15.8 Å². The van der Waals surface area contributed by atoms with Crippen molar-refractivity contribution in [2.24, 2.45) is 0 Å². The Labute approximate surface area is 115 Å². The first-order valence-corrected chi connectivity index (χ1v) is 7.37. The van der Waals surface area contributed by atoms with Gasteiger partial charge in [0.15, 0.2) is 0 Å². The molecule has 92 valence electrons. The quantitative estimate of drug-likeness (QED) is 0.846. The molecular formula is C12H13Cl2NOS. The predicted molar refractivity (Wildman–Crippen MR) is 73.8 cm³/mol. The molecule has 5 heteroatoms. The van der Waals surface area contributed by atoms with Crippen LogP contribution in [-0.4, -0.2) is 29.6 Å². The summed E-state index contributed by atoms with van der Waals surface area (Å²) in [5, 5.41) is 1.31. The molecule has 2 nitrogen and oxygen atoms in total. The third-order valence-electron chi connectivity index (χ3n) is 2.71. The molecule has 0 radical (unpaired) electrons. The second-order valence-corrected chi connectivity index (χ2v) is 5.79. The number of amides is 1. The monoisotopic (exact) mass is 289 g/mol. The third kappa shape index (κ3) is 3.54. The van der Waals surface area contributed by atoms with Crippen molar-refractivity contribution in [3.63, 3.8) is 0 Å². The van der Waals surface area contributed by atoms with E-state index in [-0.39, 0.29) is 5.91 Å². The number of benzene rings is 1. The lowest BCUT2D eigenvalue weighted by molar-refractivity contribution is -0.131. The average molecular weight is 290 g/mol. The van der Waals surface area contributed by atoms with Crippen molar-refractivity contribution >= 4 is 40.9 Å². The van der Waals surface area contributed by atoms with Crippen molar-refractivity contribution in [3.8, 4) is 0 Å². The Morgan fingerprint density at radius 3 is 2.71 bits per heavy atom. The number of likely N-dealkylation sites (tertiary alicyclic amines) is 1. The number of rotatable bonds is 4. The molecule has 2 rings (SSSR count). The van der Waals surface area contributed by atoms with E-state index >= 15 is 0 Å². The number of nitrogens with zero attached hydrogens (tertiary/aromatic N) is 1. The maximum absolute atomic E-state index is 11.6. The number of carbonyl (C=O) groups excluding carboxylic acids is 1. The Kier molecular flexibility index (Phi) is 4.60. The largest absolute Gasteiger partial charge is 0.342 e. The van der Waals surface area contributed by atoms with Crippen molar-refractivity contribution in [3.05, 3.63) is 33.8 Å². The molecule has 1 aliphatic rings. The zero-order valence-electron chi connectivity index (χ0n) is 9.29. The SMILES string of the molecule is O=C(CSCc1ccc(Cl)cc1Cl)N1CCC1. The molecule has 0 aromatic heterocycles. The van der Waals surface area contributed by atoms with Crippen molar-refractivity contribution < 1.29 is 4.79 Å². The topological polar surface area (TPSA) is 20.3 Å². The second kappa shape index (κ2) is 5.98. The summed E-state index contributed by atoms with van der Waals surface area (Å²) in [5.41, 5.74) is 1.03. The van der Waals surface area contributed by atoms with E-state index in [4.69, 9.17) is 23.2 Å². The van der Waals surface area contributed by atoms with E-state index in [1.165, 1.54) is 0 Å². The summed E-state index contributed by atoms with van der Waals surface area (Å²) in [6, 6.07) is 5.46. The fourth-order valence-corrected chi connectivity index (χ4v) is 3.03. The molecule has 1 amide bonds. The van der Waals surface area contributed by atoms with E-state index in [0.717, 1.165) is 30.8 Å². The van der Waals surface area contributed by atoms with Gasteiger partial charge in [0.25, 0.3) is 0 Å². The highest BCUT2D eigenvalue weighted by atomic mass is 35.5. The van der Waals surface area contributed by atoms with Crippen LogP contribution in [0, 0.1) is 0 Å². The molecule has 0 saturated carbocycles. The molecule has 0 N–H and O–H groups in total. The minimum Gasteiger partial charge on any atom is -0.342 e. The fourth-order valence-electron chi connectivity index (χ4n) is 1.54. The van der Waals surface area contributed by atoms with Crippen LogP contribution in [0.15, 0.2) is 18.2 Å². The highest BCUT2D eigenvalue weighted by Crippen LogP contribution is 2.25. The van der Waals surface area contributed by atoms with Crippen LogP contribution in [0.1, 0.15) is 12.0 Å². The highest BCUT2D eigenvalue weighted by Gasteiger charge is 2.19. The van der Waals surface area contributed by atoms with E-state index in [2.05, 4.69) is 0 Å². The van der Waals surface area contributed by atoms with Gasteiger partial charge in [-0.3, -0.25) is 4.79 Å². The van der Waals surface area contributed by atoms with Gasteiger partial charge in [-0.1, -0.05) is 29.3 Å². The summed E-state index contributed by atoms with van der Waals surface area (Å²) in [6.07, 6.45) is 1.14. The predicted octanol–water partition coefficient (Wildman–Crippen LogP) is 3.46. The zero-order valence-corrected chi connectivity index (χ0v) is 11.6. The second-order valence-electron chi connectivity index (χ2n) is 3.96. The average Bonchev–Trinajstić information content (AvgIpc) is 2.18. The molecule has 17 heavy (non-hydrogen) atoms. The van der Waals surface area contributed by atoms with Gasteiger partial charge >= 0.3 is 0 Å². The molecular weight excluding hydrogens is 277 g/mol. The van der Waals surface area contributed by atoms with Gasteiger partial charge in [-0.15, -0.1) is 11.8 Å². The Morgan fingerprint density at radius 2 is 2.12 bits per heavy atom. The minimum atomic E-state index is 0.228. The molecule has 1 saturated heterocycles. The molecule has 1 aromatic rings. The Bertz CT molecular complexity index is 421. The van der Waals surface area contributed by atoms with Crippen LogP contribution in [0.2, 0.25) is 10.0 Å². The van der Waals surface area contributed by atoms with Gasteiger partial charge in [0, 0.05) is 28.9 Å². The molecule has 1 aromatic carbocycles. The number of thioether (sulfide) groups is 1. The van der Waals surface area contributed by atoms with Crippen LogP contribution < -0.4 is 0 Å². The van der Waals surface area contributed by atoms with E-state index in [9.17, 15) is 4.79 Å². The molecule has 0 spiro atoms. The molecule has 0 unspecified atom stereocenters. The van der Waals surface area contributed by atoms with Gasteiger partial charge < -0.3 is 4.90 Å². The van der Waals surface area contributed by atoms with Crippen LogP contribution in [0.3, 0.4) is 0 Å². The smallest absolute Gasteiger partial charge is 0.232 e. The van der Waals surface area contributed by atoms with Gasteiger partial charge in [-0.05, 0) is 24.1 Å². The molecule has 0 bridgehead atoms. The molecule has 1 heterocycles. The van der Waals surface area contributed by atoms with Crippen molar-refractivity contribution in [1.82, 2.24) is 4.90 Å². The van der Waals surface area contributed by atoms with Crippen LogP contribution in [0.25, 0.3) is 0 Å². The van der Waals surface area contributed by atoms with Crippen LogP contribution in [0.4, 0.5) is 0 Å². The van der Waals surface area contributed by atoms with Crippen LogP contribution in [0.5, 0.6) is 0 Å². The maximum Gasteiger partial charge on any atom is 0.232 e. The van der Waals surface area contributed by atoms with Crippen molar-refractivity contribution in [2.45, 2.75) is 12.2 Å². The van der Waals surface area contributed by atoms with Gasteiger partial charge in [0.2, 0.25) is 5.91 Å². The molecule has 1 aliphatic heterocycles. The first kappa shape index (κ1) is 13.1. The molecule has 1 fully saturated rings. The summed E-state index contributed by atoms with van der Waals surface area (Å²) in [5.74, 6) is 1.50. The number of carbonyl (C=O) groups is 1. The van der Waals surface area contributed by atoms with Gasteiger partial charge in [-0.2, -0.15) is 0 Å². The Morgan fingerprint density at radius 1 is 1.35 bits per heavy atom. The van der Waals surface area contributed by atoms with E-state index < -0.39 is 0 Å². The number of hydrogen-bond donors (Lipinski definition) is 0. The summed E-state index contributed by atoms with van der Waals surface area (Å²) in [6.45, 7) is 1.84. The first-order valence-electron chi connectivity index (χ1n) is 5.46. The van der Waals surface area contributed by atoms with Crippen molar-refractivity contribution in [1.29, 1.82) is 0 Å². The van der Waals surface area contributed by atoms with Crippen LogP contribution in [-0.2, 0) is 10.5 Å². The zero-order chi connectivity index (χ0) is 12.3. The summed E-state index contributed by atoms with van der Waals surface area (Å²) in [4.78, 5) is 13.5. The summed E-state index contributed by atoms with van der Waals surface area (Å²) >= 11 is 13.5. The summed E-state index contributed by atoms with van der Waals surface area (Å²) < 4.78 is 0. The normalized spacial score (nSPS) is 14.6. The van der Waals surface area contributed by atoms with Crippen LogP contribution >= 0.6 is 35.0 Å². The fraction of sp³-hybridized carbons (Fsp3) is 0.417. The lowest BCUT2D eigenvalue weighted by atomic mass is 10.2. The standard InChI is InChI=1S/C12H13Cl2NOS/c13-10-3-2-9(11(14)6-10)7-17-8-12(16)15-4-1-5-15/h2-3,6H,1,4-5,7-8H2. The summed E-state index contributed by atoms with van der Waals surface area (Å²) in [7, 11) is 0. The van der Waals surface area contributed by atoms with Gasteiger partial charge in [0.1, 0.15) is 0 Å². The number of halogens is 2. The Balaban J connectivity index is 1.79. The van der Waals surface area contributed by atoms with Gasteiger partial charge in [0.05, 0.1) is 5.75 Å². The highest BCUT2D eigenvalue weighted by molar-refractivity contribution is 7.99. The number of hydrogen-bond acceptors (Lipinski definition) is 2. The lowest BCUT2D eigenvalue weighted by Gasteiger charge is -2.30. The van der Waals surface area contributed by atoms with E-state index in [1.54, 1.807) is 17.8 Å². The van der Waals surface area contributed by atoms with E-state index in [1.807, 2.05) is 17.0 Å².